The Bertz CT molecular complexity index is 1900. The molecule has 3 aliphatic rings. The molecule has 0 unspecified atom stereocenters. The number of anilines is 1. The van der Waals surface area contributed by atoms with Crippen molar-refractivity contribution in [2.75, 3.05) is 26.0 Å². The molecule has 3 aliphatic carbocycles. The Morgan fingerprint density at radius 3 is 2.27 bits per heavy atom. The van der Waals surface area contributed by atoms with E-state index in [-0.39, 0.29) is 47.3 Å². The number of halogens is 3. The molecule has 0 aliphatic heterocycles. The van der Waals surface area contributed by atoms with E-state index in [2.05, 4.69) is 36.5 Å². The highest BCUT2D eigenvalue weighted by atomic mass is 19.4. The van der Waals surface area contributed by atoms with Gasteiger partial charge in [0.1, 0.15) is 24.2 Å². The van der Waals surface area contributed by atoms with Crippen LogP contribution in [-0.4, -0.2) is 43.7 Å². The van der Waals surface area contributed by atoms with Gasteiger partial charge in [0.15, 0.2) is 0 Å². The minimum atomic E-state index is -4.69. The molecule has 1 N–H and O–H groups in total. The molecule has 6 atom stereocenters. The molecule has 0 aromatic heterocycles. The van der Waals surface area contributed by atoms with Gasteiger partial charge in [-0.15, -0.1) is 0 Å². The first-order valence-corrected chi connectivity index (χ1v) is 19.8. The monoisotopic (exact) mass is 754 g/mol. The van der Waals surface area contributed by atoms with E-state index in [1.54, 1.807) is 6.07 Å². The fourth-order valence-electron chi connectivity index (χ4n) is 9.59. The topological polar surface area (TPSA) is 60.0 Å². The predicted molar refractivity (Wildman–Crippen MR) is 209 cm³/mol. The number of alkyl halides is 3. The summed E-state index contributed by atoms with van der Waals surface area (Å²) in [6, 6.07) is 30.5. The smallest absolute Gasteiger partial charge is 0.418 e. The molecule has 55 heavy (non-hydrogen) atoms. The second kappa shape index (κ2) is 16.8. The van der Waals surface area contributed by atoms with Crippen molar-refractivity contribution in [3.8, 4) is 11.5 Å². The number of unbranched alkanes of at least 4 members (excludes halogenated alkanes) is 1. The lowest BCUT2D eigenvalue weighted by Gasteiger charge is -2.53. The molecule has 0 heterocycles. The lowest BCUT2D eigenvalue weighted by Crippen LogP contribution is -2.52. The standard InChI is InChI=1S/C46H53F3N2O4/c1-45-28-41(55-35-19-23-40(39(27-35)46(47,48)49)50-43(52)16-10-11-25-51(2)3)44-36-21-18-34(53-29-31-12-6-4-7-13-31)26-33(36)17-20-37(44)38(45)22-24-42(45)54-30-32-14-8-5-9-15-32/h4-9,12-15,18-19,21,23,26-27,37-38,41-42,44H,10-11,16-17,20,22,24-25,28-30H2,1-3H3,(H,50,52)/t37-,38-,41-,42-,44+,45-/m0/s1. The lowest BCUT2D eigenvalue weighted by molar-refractivity contribution is -0.137. The number of hydrogen-bond donors (Lipinski definition) is 1. The van der Waals surface area contributed by atoms with Crippen molar-refractivity contribution in [2.24, 2.45) is 17.3 Å². The van der Waals surface area contributed by atoms with Crippen molar-refractivity contribution in [3.63, 3.8) is 0 Å². The summed E-state index contributed by atoms with van der Waals surface area (Å²) in [5.41, 5.74) is 3.24. The number of hydrogen-bond acceptors (Lipinski definition) is 5. The molecule has 6 nitrogen and oxygen atoms in total. The largest absolute Gasteiger partial charge is 0.490 e. The summed E-state index contributed by atoms with van der Waals surface area (Å²) in [6.07, 6.45) is 0.936. The van der Waals surface area contributed by atoms with Gasteiger partial charge in [0, 0.05) is 17.8 Å². The van der Waals surface area contributed by atoms with E-state index in [1.807, 2.05) is 73.6 Å². The summed E-state index contributed by atoms with van der Waals surface area (Å²) in [6.45, 7) is 4.10. The summed E-state index contributed by atoms with van der Waals surface area (Å²) in [5.74, 6) is 1.19. The predicted octanol–water partition coefficient (Wildman–Crippen LogP) is 10.5. The third-order valence-electron chi connectivity index (χ3n) is 12.2. The summed E-state index contributed by atoms with van der Waals surface area (Å²) in [4.78, 5) is 14.7. The number of nitrogens with one attached hydrogen (secondary N) is 1. The van der Waals surface area contributed by atoms with Gasteiger partial charge in [0.05, 0.1) is 24.0 Å². The van der Waals surface area contributed by atoms with Crippen molar-refractivity contribution in [3.05, 3.63) is 125 Å². The number of carbonyl (C=O) groups is 1. The molecule has 0 spiro atoms. The van der Waals surface area contributed by atoms with Crippen molar-refractivity contribution < 1.29 is 32.2 Å². The van der Waals surface area contributed by atoms with Crippen molar-refractivity contribution in [2.45, 2.75) is 95.8 Å². The first kappa shape index (κ1) is 38.9. The van der Waals surface area contributed by atoms with Crippen LogP contribution in [0.5, 0.6) is 11.5 Å². The first-order valence-electron chi connectivity index (χ1n) is 19.8. The Kier molecular flexibility index (Phi) is 11.9. The average molecular weight is 755 g/mol. The molecular weight excluding hydrogens is 702 g/mol. The molecule has 0 bridgehead atoms. The normalized spacial score (nSPS) is 24.5. The molecule has 0 radical (unpaired) electrons. The Morgan fingerprint density at radius 1 is 0.855 bits per heavy atom. The van der Waals surface area contributed by atoms with E-state index < -0.39 is 17.6 Å². The first-order chi connectivity index (χ1) is 26.5. The number of rotatable bonds is 14. The second-order valence-electron chi connectivity index (χ2n) is 16.2. The highest BCUT2D eigenvalue weighted by molar-refractivity contribution is 5.91. The fourth-order valence-corrected chi connectivity index (χ4v) is 9.59. The number of amides is 1. The highest BCUT2D eigenvalue weighted by Gasteiger charge is 2.59. The number of fused-ring (bicyclic) bond motifs is 5. The van der Waals surface area contributed by atoms with Crippen LogP contribution in [0.15, 0.2) is 97.1 Å². The van der Waals surface area contributed by atoms with Crippen LogP contribution < -0.4 is 14.8 Å². The zero-order valence-electron chi connectivity index (χ0n) is 32.1. The maximum Gasteiger partial charge on any atom is 0.418 e. The van der Waals surface area contributed by atoms with E-state index >= 15 is 0 Å². The van der Waals surface area contributed by atoms with Crippen LogP contribution in [-0.2, 0) is 35.3 Å². The van der Waals surface area contributed by atoms with Crippen molar-refractivity contribution in [1.29, 1.82) is 0 Å². The minimum absolute atomic E-state index is 0.000894. The van der Waals surface area contributed by atoms with E-state index in [1.165, 1.54) is 17.2 Å². The third kappa shape index (κ3) is 9.05. The van der Waals surface area contributed by atoms with Crippen LogP contribution in [0.1, 0.15) is 85.6 Å². The van der Waals surface area contributed by atoms with E-state index in [0.29, 0.717) is 32.0 Å². The molecule has 2 fully saturated rings. The number of carbonyl (C=O) groups excluding carboxylic acids is 1. The van der Waals surface area contributed by atoms with Gasteiger partial charge in [-0.05, 0) is 130 Å². The number of benzene rings is 4. The van der Waals surface area contributed by atoms with Crippen LogP contribution in [0.4, 0.5) is 18.9 Å². The van der Waals surface area contributed by atoms with Crippen molar-refractivity contribution >= 4 is 11.6 Å². The van der Waals surface area contributed by atoms with Gasteiger partial charge in [0.25, 0.3) is 0 Å². The van der Waals surface area contributed by atoms with Crippen molar-refractivity contribution in [1.82, 2.24) is 4.90 Å². The van der Waals surface area contributed by atoms with Crippen LogP contribution >= 0.6 is 0 Å². The van der Waals surface area contributed by atoms with Crippen LogP contribution in [0.3, 0.4) is 0 Å². The zero-order chi connectivity index (χ0) is 38.6. The van der Waals surface area contributed by atoms with Gasteiger partial charge >= 0.3 is 6.18 Å². The van der Waals surface area contributed by atoms with Gasteiger partial charge in [-0.3, -0.25) is 4.79 Å². The SMILES string of the molecule is CN(C)CCCCC(=O)Nc1ccc(O[C@H]2C[C@]3(C)[C@@H](OCc4ccccc4)CC[C@H]3[C@@H]3CCc4cc(OCc5ccccc5)ccc4[C@H]32)cc1C(F)(F)F. The van der Waals surface area contributed by atoms with E-state index in [9.17, 15) is 18.0 Å². The highest BCUT2D eigenvalue weighted by Crippen LogP contribution is 2.62. The minimum Gasteiger partial charge on any atom is -0.490 e. The Labute approximate surface area is 323 Å². The molecule has 7 rings (SSSR count). The fraction of sp³-hybridized carbons (Fsp3) is 0.457. The Balaban J connectivity index is 1.16. The van der Waals surface area contributed by atoms with Gasteiger partial charge in [-0.2, -0.15) is 13.2 Å². The Hall–Kier alpha value is -4.34. The maximum absolute atomic E-state index is 14.6. The maximum atomic E-state index is 14.6. The molecular formula is C46H53F3N2O4. The molecule has 0 saturated heterocycles. The third-order valence-corrected chi connectivity index (χ3v) is 12.2. The quantitative estimate of drug-likeness (QED) is 0.130. The molecule has 292 valence electrons. The van der Waals surface area contributed by atoms with Crippen LogP contribution in [0.2, 0.25) is 0 Å². The summed E-state index contributed by atoms with van der Waals surface area (Å²) >= 11 is 0. The van der Waals surface area contributed by atoms with E-state index in [4.69, 9.17) is 14.2 Å². The van der Waals surface area contributed by atoms with Gasteiger partial charge in [-0.1, -0.05) is 73.7 Å². The van der Waals surface area contributed by atoms with Crippen LogP contribution in [0.25, 0.3) is 0 Å². The van der Waals surface area contributed by atoms with E-state index in [0.717, 1.165) is 61.6 Å². The number of aryl methyl sites for hydroxylation is 1. The molecule has 9 heteroatoms. The summed E-state index contributed by atoms with van der Waals surface area (Å²) in [5, 5.41) is 2.53. The molecule has 4 aromatic carbocycles. The van der Waals surface area contributed by atoms with Crippen LogP contribution in [0, 0.1) is 17.3 Å². The summed E-state index contributed by atoms with van der Waals surface area (Å²) < 4.78 is 63.5. The number of nitrogens with zero attached hydrogens (tertiary/aromatic N) is 1. The molecule has 4 aromatic rings. The molecule has 2 saturated carbocycles. The van der Waals surface area contributed by atoms with Gasteiger partial charge < -0.3 is 24.4 Å². The summed E-state index contributed by atoms with van der Waals surface area (Å²) in [7, 11) is 3.90. The zero-order valence-corrected chi connectivity index (χ0v) is 32.1. The Morgan fingerprint density at radius 2 is 1.56 bits per heavy atom. The molecule has 1 amide bonds. The second-order valence-corrected chi connectivity index (χ2v) is 16.2. The number of ether oxygens (including phenoxy) is 3. The van der Waals surface area contributed by atoms with Gasteiger partial charge in [-0.25, -0.2) is 0 Å². The van der Waals surface area contributed by atoms with Gasteiger partial charge in [0.2, 0.25) is 5.91 Å². The average Bonchev–Trinajstić information content (AvgIpc) is 3.50. The lowest BCUT2D eigenvalue weighted by atomic mass is 9.54.